The number of ether oxygens (including phenoxy) is 8. The summed E-state index contributed by atoms with van der Waals surface area (Å²) >= 11 is 0.425. The van der Waals surface area contributed by atoms with Gasteiger partial charge in [-0.1, -0.05) is 0 Å². The van der Waals surface area contributed by atoms with Crippen molar-refractivity contribution in [3.05, 3.63) is 203 Å². The van der Waals surface area contributed by atoms with E-state index in [2.05, 4.69) is 107 Å². The maximum absolute atomic E-state index is 6.87. The Labute approximate surface area is 397 Å². The Morgan fingerprint density at radius 1 is 0.333 bits per heavy atom. The van der Waals surface area contributed by atoms with E-state index in [4.69, 9.17) is 37.9 Å². The molecule has 4 unspecified atom stereocenters. The van der Waals surface area contributed by atoms with E-state index >= 15 is 0 Å². The third-order valence-corrected chi connectivity index (χ3v) is 21.2. The van der Waals surface area contributed by atoms with Crippen LogP contribution >= 0.6 is 0 Å². The Bertz CT molecular complexity index is 2240. The molecule has 6 aliphatic heterocycles. The SMILES string of the molecule is c1ccc(C2OC[C@H]3[C@@H](O2)[C@@H]2OC(c4ccccc4)OC[C@@H]2N3Cc2ccccc2[Se][Se]c2ccccc2CN2[C@H]3COC(c4ccccc4)O[C@H]3[C@@H]3OC(c4ccccc4)OC[C@@H]32)cc1. The first kappa shape index (κ1) is 43.3. The maximum atomic E-state index is 6.87. The fraction of sp³-hybridized carbons (Fsp3) is 0.333. The van der Waals surface area contributed by atoms with Crippen LogP contribution in [0.4, 0.5) is 0 Å². The van der Waals surface area contributed by atoms with Crippen molar-refractivity contribution in [2.24, 2.45) is 0 Å². The second-order valence-corrected chi connectivity index (χ2v) is 23.9. The fourth-order valence-electron chi connectivity index (χ4n) is 10.6. The van der Waals surface area contributed by atoms with Gasteiger partial charge in [-0.3, -0.25) is 0 Å². The standard InChI is InChI=1S/C54H52N2O8Se2/c1-5-17-35(18-6-1)51-57-31-41-47(61-51)48-42(32-58-52(62-48)36-19-7-2-8-20-36)55(41)29-39-25-13-15-27-45(39)65-66-46-28-16-14-26-40(46)30-56-43-33-59-53(37-21-9-3-10-22-37)63-49(43)50-44(56)34-60-54(64-50)38-23-11-4-12-24-38/h1-28,41-44,47-54H,29-34H2/t41-,42-,43-,44-,47+,48+,49+,50+,51?,52?,53?,54?/m0/s1. The zero-order valence-electron chi connectivity index (χ0n) is 36.3. The van der Waals surface area contributed by atoms with E-state index in [1.54, 1.807) is 0 Å². The summed E-state index contributed by atoms with van der Waals surface area (Å²) < 4.78 is 56.3. The Kier molecular flexibility index (Phi) is 12.8. The first-order chi connectivity index (χ1) is 32.7. The van der Waals surface area contributed by atoms with Crippen molar-refractivity contribution in [1.82, 2.24) is 9.80 Å². The Hall–Kier alpha value is -4.04. The predicted molar refractivity (Wildman–Crippen MR) is 250 cm³/mol. The molecule has 0 bridgehead atoms. The van der Waals surface area contributed by atoms with Crippen molar-refractivity contribution in [2.45, 2.75) is 86.8 Å². The van der Waals surface area contributed by atoms with Gasteiger partial charge in [0.25, 0.3) is 0 Å². The van der Waals surface area contributed by atoms with E-state index in [0.29, 0.717) is 26.4 Å². The molecule has 0 amide bonds. The van der Waals surface area contributed by atoms with Gasteiger partial charge < -0.3 is 0 Å². The zero-order chi connectivity index (χ0) is 43.8. The molecule has 66 heavy (non-hydrogen) atoms. The molecule has 12 rings (SSSR count). The molecule has 6 saturated heterocycles. The van der Waals surface area contributed by atoms with E-state index in [1.807, 2.05) is 72.8 Å². The molecule has 6 aromatic carbocycles. The summed E-state index contributed by atoms with van der Waals surface area (Å²) in [6, 6.07) is 59.0. The summed E-state index contributed by atoms with van der Waals surface area (Å²) in [5.74, 6) is 0. The third-order valence-electron chi connectivity index (χ3n) is 13.8. The normalized spacial score (nSPS) is 31.9. The second kappa shape index (κ2) is 19.5. The molecular formula is C54H52N2O8Se2. The van der Waals surface area contributed by atoms with Crippen LogP contribution in [0.15, 0.2) is 170 Å². The van der Waals surface area contributed by atoms with Crippen molar-refractivity contribution in [1.29, 1.82) is 0 Å². The summed E-state index contributed by atoms with van der Waals surface area (Å²) in [7, 11) is 0. The van der Waals surface area contributed by atoms with E-state index < -0.39 is 25.2 Å². The van der Waals surface area contributed by atoms with Crippen molar-refractivity contribution in [3.63, 3.8) is 0 Å². The quantitative estimate of drug-likeness (QED) is 0.134. The van der Waals surface area contributed by atoms with Crippen LogP contribution in [0.25, 0.3) is 0 Å². The van der Waals surface area contributed by atoms with Gasteiger partial charge >= 0.3 is 399 Å². The first-order valence-corrected chi connectivity index (χ1v) is 29.1. The molecule has 338 valence electrons. The summed E-state index contributed by atoms with van der Waals surface area (Å²) in [6.45, 7) is 3.72. The molecule has 6 heterocycles. The van der Waals surface area contributed by atoms with Crippen LogP contribution in [0.1, 0.15) is 58.5 Å². The summed E-state index contributed by atoms with van der Waals surface area (Å²) in [6.07, 6.45) is -2.46. The summed E-state index contributed by atoms with van der Waals surface area (Å²) in [5.41, 5.74) is 6.76. The summed E-state index contributed by atoms with van der Waals surface area (Å²) in [5, 5.41) is 0. The van der Waals surface area contributed by atoms with E-state index in [1.165, 1.54) is 20.1 Å². The van der Waals surface area contributed by atoms with Crippen LogP contribution in [0.5, 0.6) is 0 Å². The van der Waals surface area contributed by atoms with Gasteiger partial charge in [-0.15, -0.1) is 0 Å². The van der Waals surface area contributed by atoms with Gasteiger partial charge in [0.15, 0.2) is 0 Å². The molecule has 0 spiro atoms. The zero-order valence-corrected chi connectivity index (χ0v) is 39.7. The van der Waals surface area contributed by atoms with Crippen molar-refractivity contribution in [3.8, 4) is 0 Å². The second-order valence-electron chi connectivity index (χ2n) is 17.7. The Balaban J connectivity index is 0.772. The third kappa shape index (κ3) is 8.68. The molecule has 12 atom stereocenters. The van der Waals surface area contributed by atoms with E-state index in [-0.39, 0.29) is 74.8 Å². The van der Waals surface area contributed by atoms with Crippen LogP contribution in [-0.2, 0) is 51.0 Å². The van der Waals surface area contributed by atoms with Gasteiger partial charge in [-0.05, 0) is 0 Å². The number of likely N-dealkylation sites (tertiary alicyclic amines) is 2. The predicted octanol–water partition coefficient (Wildman–Crippen LogP) is 6.52. The van der Waals surface area contributed by atoms with Crippen molar-refractivity contribution < 1.29 is 37.9 Å². The molecule has 0 aromatic heterocycles. The van der Waals surface area contributed by atoms with Crippen LogP contribution in [0.3, 0.4) is 0 Å². The van der Waals surface area contributed by atoms with Gasteiger partial charge in [-0.2, -0.15) is 0 Å². The number of benzene rings is 6. The van der Waals surface area contributed by atoms with E-state index in [0.717, 1.165) is 35.3 Å². The summed E-state index contributed by atoms with van der Waals surface area (Å²) in [4.78, 5) is 5.09. The van der Waals surface area contributed by atoms with Gasteiger partial charge in [-0.25, -0.2) is 0 Å². The first-order valence-electron chi connectivity index (χ1n) is 23.0. The molecule has 10 nitrogen and oxygen atoms in total. The van der Waals surface area contributed by atoms with Gasteiger partial charge in [0.1, 0.15) is 0 Å². The fourth-order valence-corrected chi connectivity index (χ4v) is 18.0. The number of rotatable bonds is 11. The Morgan fingerprint density at radius 3 is 0.879 bits per heavy atom. The van der Waals surface area contributed by atoms with Crippen LogP contribution in [0.2, 0.25) is 0 Å². The van der Waals surface area contributed by atoms with Crippen LogP contribution in [0, 0.1) is 0 Å². The molecule has 0 saturated carbocycles. The molecular weight excluding hydrogens is 963 g/mol. The minimum atomic E-state index is -0.445. The molecule has 0 N–H and O–H groups in total. The molecule has 6 fully saturated rings. The molecule has 6 aliphatic rings. The monoisotopic (exact) mass is 1020 g/mol. The molecule has 6 aromatic rings. The topological polar surface area (TPSA) is 80.3 Å². The van der Waals surface area contributed by atoms with Crippen molar-refractivity contribution in [2.75, 3.05) is 26.4 Å². The molecule has 12 heteroatoms. The van der Waals surface area contributed by atoms with Crippen LogP contribution in [-0.4, -0.2) is 111 Å². The Morgan fingerprint density at radius 2 is 0.591 bits per heavy atom. The minimum absolute atomic E-state index is 0.0180. The average molecular weight is 1010 g/mol. The number of hydrogen-bond acceptors (Lipinski definition) is 10. The van der Waals surface area contributed by atoms with Crippen molar-refractivity contribution >= 4 is 35.2 Å². The molecule has 0 aliphatic carbocycles. The average Bonchev–Trinajstić information content (AvgIpc) is 3.87. The van der Waals surface area contributed by atoms with Gasteiger partial charge in [0, 0.05) is 0 Å². The number of nitrogens with zero attached hydrogens (tertiary/aromatic N) is 2. The number of fused-ring (bicyclic) bond motifs is 6. The number of hydrogen-bond donors (Lipinski definition) is 0. The van der Waals surface area contributed by atoms with Gasteiger partial charge in [0.2, 0.25) is 0 Å². The van der Waals surface area contributed by atoms with Crippen LogP contribution < -0.4 is 8.92 Å². The van der Waals surface area contributed by atoms with Gasteiger partial charge in [0.05, 0.1) is 0 Å². The van der Waals surface area contributed by atoms with E-state index in [9.17, 15) is 0 Å². The molecule has 0 radical (unpaired) electrons.